The van der Waals surface area contributed by atoms with Crippen molar-refractivity contribution in [3.05, 3.63) is 33.9 Å². The number of nitrogens with one attached hydrogen (secondary N) is 1. The number of carbonyl (C=O) groups is 1. The van der Waals surface area contributed by atoms with Crippen LogP contribution in [0.15, 0.2) is 23.1 Å². The Balaban J connectivity index is 2.53. The highest BCUT2D eigenvalue weighted by molar-refractivity contribution is 7.89. The average Bonchev–Trinajstić information content (AvgIpc) is 2.63. The van der Waals surface area contributed by atoms with E-state index in [-0.39, 0.29) is 23.5 Å². The van der Waals surface area contributed by atoms with Gasteiger partial charge in [-0.1, -0.05) is 12.1 Å². The van der Waals surface area contributed by atoms with E-state index in [2.05, 4.69) is 5.32 Å². The number of hydrogen-bond donors (Lipinski definition) is 1. The van der Waals surface area contributed by atoms with E-state index in [1.165, 1.54) is 19.1 Å². The number of nitro benzene ring substituents is 1. The molecule has 8 nitrogen and oxygen atoms in total. The van der Waals surface area contributed by atoms with Gasteiger partial charge in [-0.25, -0.2) is 8.42 Å². The summed E-state index contributed by atoms with van der Waals surface area (Å²) >= 11 is 0. The molecule has 1 aromatic rings. The molecule has 0 aromatic heterocycles. The molecule has 1 N–H and O–H groups in total. The molecular formula is C12H15N3O5S. The highest BCUT2D eigenvalue weighted by Crippen LogP contribution is 2.29. The van der Waals surface area contributed by atoms with Gasteiger partial charge in [0.2, 0.25) is 5.91 Å². The maximum Gasteiger partial charge on any atom is 0.289 e. The van der Waals surface area contributed by atoms with E-state index in [1.54, 1.807) is 0 Å². The van der Waals surface area contributed by atoms with E-state index >= 15 is 0 Å². The Morgan fingerprint density at radius 3 is 2.76 bits per heavy atom. The van der Waals surface area contributed by atoms with Gasteiger partial charge in [0.1, 0.15) is 0 Å². The zero-order chi connectivity index (χ0) is 15.6. The molecule has 1 aromatic carbocycles. The van der Waals surface area contributed by atoms with E-state index < -0.39 is 26.5 Å². The molecule has 1 heterocycles. The summed E-state index contributed by atoms with van der Waals surface area (Å²) in [6.07, 6.45) is 0.463. The second-order valence-corrected chi connectivity index (χ2v) is 6.60. The molecule has 1 aliphatic heterocycles. The van der Waals surface area contributed by atoms with Crippen molar-refractivity contribution in [3.8, 4) is 0 Å². The number of aryl methyl sites for hydroxylation is 1. The normalized spacial score (nSPS) is 17.1. The number of sulfonamides is 1. The van der Waals surface area contributed by atoms with Crippen molar-refractivity contribution in [1.82, 2.24) is 9.62 Å². The number of hydrogen-bond acceptors (Lipinski definition) is 5. The second kappa shape index (κ2) is 5.78. The lowest BCUT2D eigenvalue weighted by atomic mass is 10.2. The Morgan fingerprint density at radius 2 is 2.10 bits per heavy atom. The smallest absolute Gasteiger partial charge is 0.289 e. The van der Waals surface area contributed by atoms with Gasteiger partial charge in [-0.15, -0.1) is 0 Å². The predicted molar refractivity (Wildman–Crippen MR) is 74.2 cm³/mol. The molecule has 114 valence electrons. The summed E-state index contributed by atoms with van der Waals surface area (Å²) < 4.78 is 26.3. The fourth-order valence-electron chi connectivity index (χ4n) is 2.23. The van der Waals surface area contributed by atoms with Crippen LogP contribution in [-0.2, 0) is 14.8 Å². The van der Waals surface area contributed by atoms with E-state index in [0.717, 1.165) is 10.4 Å². The Bertz CT molecular complexity index is 686. The summed E-state index contributed by atoms with van der Waals surface area (Å²) in [5, 5.41) is 13.7. The molecule has 0 bridgehead atoms. The van der Waals surface area contributed by atoms with E-state index in [0.29, 0.717) is 13.0 Å². The fraction of sp³-hybridized carbons (Fsp3) is 0.417. The first-order valence-electron chi connectivity index (χ1n) is 6.35. The van der Waals surface area contributed by atoms with Gasteiger partial charge in [0.05, 0.1) is 11.5 Å². The van der Waals surface area contributed by atoms with Crippen LogP contribution in [0.1, 0.15) is 12.0 Å². The van der Waals surface area contributed by atoms with Crippen molar-refractivity contribution >= 4 is 21.6 Å². The van der Waals surface area contributed by atoms with Crippen LogP contribution in [-0.4, -0.2) is 43.2 Å². The minimum absolute atomic E-state index is 0.145. The van der Waals surface area contributed by atoms with E-state index in [1.807, 2.05) is 0 Å². The lowest BCUT2D eigenvalue weighted by Crippen LogP contribution is -2.37. The van der Waals surface area contributed by atoms with Crippen molar-refractivity contribution in [2.24, 2.45) is 0 Å². The third-order valence-electron chi connectivity index (χ3n) is 3.21. The predicted octanol–water partition coefficient (Wildman–Crippen LogP) is 0.414. The topological polar surface area (TPSA) is 110 Å². The maximum absolute atomic E-state index is 12.7. The quantitative estimate of drug-likeness (QED) is 0.642. The van der Waals surface area contributed by atoms with Gasteiger partial charge in [-0.3, -0.25) is 14.9 Å². The highest BCUT2D eigenvalue weighted by Gasteiger charge is 2.34. The number of nitro groups is 1. The Labute approximate surface area is 122 Å². The number of benzene rings is 1. The molecule has 0 saturated carbocycles. The molecule has 0 aliphatic carbocycles. The summed E-state index contributed by atoms with van der Waals surface area (Å²) in [5.74, 6) is -0.410. The Kier molecular flexibility index (Phi) is 4.24. The van der Waals surface area contributed by atoms with Crippen molar-refractivity contribution < 1.29 is 18.1 Å². The molecule has 1 saturated heterocycles. The summed E-state index contributed by atoms with van der Waals surface area (Å²) in [6.45, 7) is 1.71. The Hall–Kier alpha value is -2.00. The van der Waals surface area contributed by atoms with Crippen molar-refractivity contribution in [1.29, 1.82) is 0 Å². The maximum atomic E-state index is 12.7. The SMILES string of the molecule is Cc1cccc([N+](=O)[O-])c1S(=O)(=O)N1CCCNC(=O)C1. The molecule has 2 rings (SSSR count). The molecule has 0 unspecified atom stereocenters. The standard InChI is InChI=1S/C12H15N3O5S/c1-9-4-2-5-10(15(17)18)12(9)21(19,20)14-7-3-6-13-11(16)8-14/h2,4-5H,3,6-8H2,1H3,(H,13,16). The first-order chi connectivity index (χ1) is 9.84. The summed E-state index contributed by atoms with van der Waals surface area (Å²) in [4.78, 5) is 21.5. The largest absolute Gasteiger partial charge is 0.355 e. The van der Waals surface area contributed by atoms with E-state index in [9.17, 15) is 23.3 Å². The van der Waals surface area contributed by atoms with Crippen LogP contribution in [0.3, 0.4) is 0 Å². The third-order valence-corrected chi connectivity index (χ3v) is 5.25. The molecule has 0 spiro atoms. The molecule has 1 aliphatic rings. The fourth-order valence-corrected chi connectivity index (χ4v) is 4.03. The van der Waals surface area contributed by atoms with Gasteiger partial charge < -0.3 is 5.32 Å². The van der Waals surface area contributed by atoms with Crippen LogP contribution < -0.4 is 5.32 Å². The molecule has 1 amide bonds. The van der Waals surface area contributed by atoms with E-state index in [4.69, 9.17) is 0 Å². The van der Waals surface area contributed by atoms with Crippen LogP contribution in [0.2, 0.25) is 0 Å². The first-order valence-corrected chi connectivity index (χ1v) is 7.79. The molecular weight excluding hydrogens is 298 g/mol. The van der Waals surface area contributed by atoms with Crippen LogP contribution in [0.25, 0.3) is 0 Å². The molecule has 21 heavy (non-hydrogen) atoms. The van der Waals surface area contributed by atoms with Gasteiger partial charge >= 0.3 is 0 Å². The average molecular weight is 313 g/mol. The molecule has 0 atom stereocenters. The number of nitrogens with zero attached hydrogens (tertiary/aromatic N) is 2. The first kappa shape index (κ1) is 15.4. The second-order valence-electron chi connectivity index (χ2n) is 4.72. The molecule has 9 heteroatoms. The summed E-state index contributed by atoms with van der Waals surface area (Å²) in [7, 11) is -4.09. The minimum atomic E-state index is -4.09. The molecule has 1 fully saturated rings. The summed E-state index contributed by atoms with van der Waals surface area (Å²) in [6, 6.07) is 4.08. The minimum Gasteiger partial charge on any atom is -0.355 e. The zero-order valence-corrected chi connectivity index (χ0v) is 12.2. The Morgan fingerprint density at radius 1 is 1.38 bits per heavy atom. The van der Waals surface area contributed by atoms with Crippen LogP contribution in [0.5, 0.6) is 0 Å². The van der Waals surface area contributed by atoms with Crippen LogP contribution >= 0.6 is 0 Å². The van der Waals surface area contributed by atoms with Gasteiger partial charge in [0, 0.05) is 19.2 Å². The van der Waals surface area contributed by atoms with Crippen LogP contribution in [0.4, 0.5) is 5.69 Å². The highest BCUT2D eigenvalue weighted by atomic mass is 32.2. The van der Waals surface area contributed by atoms with Gasteiger partial charge in [0.15, 0.2) is 4.90 Å². The van der Waals surface area contributed by atoms with Crippen molar-refractivity contribution in [2.75, 3.05) is 19.6 Å². The van der Waals surface area contributed by atoms with Gasteiger partial charge in [-0.2, -0.15) is 4.31 Å². The van der Waals surface area contributed by atoms with Crippen molar-refractivity contribution in [2.45, 2.75) is 18.2 Å². The van der Waals surface area contributed by atoms with Crippen molar-refractivity contribution in [3.63, 3.8) is 0 Å². The van der Waals surface area contributed by atoms with Gasteiger partial charge in [0.25, 0.3) is 15.7 Å². The number of rotatable bonds is 3. The molecule has 0 radical (unpaired) electrons. The third kappa shape index (κ3) is 3.03. The zero-order valence-electron chi connectivity index (χ0n) is 11.4. The summed E-state index contributed by atoms with van der Waals surface area (Å²) in [5.41, 5.74) is -0.187. The number of carbonyl (C=O) groups excluding carboxylic acids is 1. The monoisotopic (exact) mass is 313 g/mol. The van der Waals surface area contributed by atoms with Gasteiger partial charge in [-0.05, 0) is 18.9 Å². The lowest BCUT2D eigenvalue weighted by Gasteiger charge is -2.19. The lowest BCUT2D eigenvalue weighted by molar-refractivity contribution is -0.387. The number of amides is 1. The van der Waals surface area contributed by atoms with Crippen LogP contribution in [0, 0.1) is 17.0 Å².